The number of esters is 1. The smallest absolute Gasteiger partial charge is 0.328 e. The third kappa shape index (κ3) is 4.35. The average molecular weight is 420 g/mol. The Hall–Kier alpha value is -2.44. The van der Waals surface area contributed by atoms with Gasteiger partial charge in [0.1, 0.15) is 6.04 Å². The van der Waals surface area contributed by atoms with Crippen LogP contribution in [0.2, 0.25) is 0 Å². The van der Waals surface area contributed by atoms with Crippen molar-refractivity contribution in [2.45, 2.75) is 65.0 Å². The first-order valence-electron chi connectivity index (χ1n) is 11.0. The third-order valence-electron chi connectivity index (χ3n) is 5.95. The number of carbonyl (C=O) groups is 2. The number of hydrogen-bond donors (Lipinski definition) is 0. The summed E-state index contributed by atoms with van der Waals surface area (Å²) in [4.78, 5) is 27.9. The minimum absolute atomic E-state index is 0.0630. The van der Waals surface area contributed by atoms with Gasteiger partial charge in [-0.1, -0.05) is 12.8 Å². The molecule has 3 rings (SSSR count). The van der Waals surface area contributed by atoms with E-state index in [1.165, 1.54) is 7.11 Å². The number of fused-ring (bicyclic) bond motifs is 1. The third-order valence-corrected chi connectivity index (χ3v) is 5.95. The van der Waals surface area contributed by atoms with Gasteiger partial charge >= 0.3 is 5.97 Å². The molecule has 1 aliphatic carbocycles. The van der Waals surface area contributed by atoms with Crippen LogP contribution >= 0.6 is 0 Å². The van der Waals surface area contributed by atoms with Gasteiger partial charge in [0.2, 0.25) is 5.75 Å². The maximum Gasteiger partial charge on any atom is 0.328 e. The summed E-state index contributed by atoms with van der Waals surface area (Å²) in [6.07, 6.45) is 4.83. The summed E-state index contributed by atoms with van der Waals surface area (Å²) in [6, 6.07) is 2.91. The van der Waals surface area contributed by atoms with Gasteiger partial charge in [0, 0.05) is 11.6 Å². The van der Waals surface area contributed by atoms with Crippen molar-refractivity contribution in [3.63, 3.8) is 0 Å². The highest BCUT2D eigenvalue weighted by Crippen LogP contribution is 2.43. The molecule has 1 aromatic rings. The Labute approximate surface area is 178 Å². The number of likely N-dealkylation sites (tertiary alicyclic amines) is 1. The molecule has 166 valence electrons. The number of rotatable bonds is 8. The van der Waals surface area contributed by atoms with E-state index < -0.39 is 6.04 Å². The van der Waals surface area contributed by atoms with Gasteiger partial charge < -0.3 is 23.8 Å². The Morgan fingerprint density at radius 1 is 0.967 bits per heavy atom. The van der Waals surface area contributed by atoms with Gasteiger partial charge in [-0.2, -0.15) is 0 Å². The van der Waals surface area contributed by atoms with Crippen LogP contribution < -0.4 is 14.2 Å². The van der Waals surface area contributed by atoms with Gasteiger partial charge in [0.25, 0.3) is 5.91 Å². The van der Waals surface area contributed by atoms with Crippen LogP contribution in [0, 0.1) is 5.92 Å². The van der Waals surface area contributed by atoms with Crippen LogP contribution in [-0.2, 0) is 9.53 Å². The van der Waals surface area contributed by atoms with E-state index in [1.807, 2.05) is 20.8 Å². The monoisotopic (exact) mass is 419 g/mol. The maximum absolute atomic E-state index is 13.7. The molecule has 0 spiro atoms. The van der Waals surface area contributed by atoms with Crippen LogP contribution in [0.4, 0.5) is 0 Å². The van der Waals surface area contributed by atoms with Gasteiger partial charge in [-0.25, -0.2) is 4.79 Å². The van der Waals surface area contributed by atoms with E-state index in [9.17, 15) is 9.59 Å². The molecule has 0 N–H and O–H groups in total. The Morgan fingerprint density at radius 2 is 1.57 bits per heavy atom. The van der Waals surface area contributed by atoms with Crippen LogP contribution in [0.3, 0.4) is 0 Å². The van der Waals surface area contributed by atoms with E-state index in [1.54, 1.807) is 17.0 Å². The molecule has 1 amide bonds. The van der Waals surface area contributed by atoms with Gasteiger partial charge in [0.15, 0.2) is 11.5 Å². The zero-order valence-corrected chi connectivity index (χ0v) is 18.4. The normalized spacial score (nSPS) is 22.9. The first-order valence-corrected chi connectivity index (χ1v) is 11.0. The molecule has 2 fully saturated rings. The molecule has 30 heavy (non-hydrogen) atoms. The molecule has 0 aromatic heterocycles. The van der Waals surface area contributed by atoms with Gasteiger partial charge in [-0.05, 0) is 58.1 Å². The molecule has 0 bridgehead atoms. The van der Waals surface area contributed by atoms with E-state index in [0.29, 0.717) is 55.0 Å². The number of hydrogen-bond acceptors (Lipinski definition) is 6. The van der Waals surface area contributed by atoms with Crippen molar-refractivity contribution in [2.24, 2.45) is 5.92 Å². The summed E-state index contributed by atoms with van der Waals surface area (Å²) in [7, 11) is 1.38. The molecule has 1 aliphatic heterocycles. The summed E-state index contributed by atoms with van der Waals surface area (Å²) < 4.78 is 22.3. The molecule has 2 aliphatic rings. The van der Waals surface area contributed by atoms with Gasteiger partial charge in [0.05, 0.1) is 26.9 Å². The van der Waals surface area contributed by atoms with Crippen molar-refractivity contribution >= 4 is 11.9 Å². The fourth-order valence-corrected chi connectivity index (χ4v) is 4.76. The minimum Gasteiger partial charge on any atom is -0.490 e. The van der Waals surface area contributed by atoms with E-state index in [2.05, 4.69) is 0 Å². The fraction of sp³-hybridized carbons (Fsp3) is 0.652. The topological polar surface area (TPSA) is 74.3 Å². The van der Waals surface area contributed by atoms with Crippen LogP contribution in [0.5, 0.6) is 17.2 Å². The molecule has 3 atom stereocenters. The molecular weight excluding hydrogens is 386 g/mol. The summed E-state index contributed by atoms with van der Waals surface area (Å²) in [5, 5.41) is 0. The molecule has 1 saturated carbocycles. The van der Waals surface area contributed by atoms with Crippen LogP contribution in [0.1, 0.15) is 63.2 Å². The number of methoxy groups -OCH3 is 1. The van der Waals surface area contributed by atoms with Gasteiger partial charge in [-0.15, -0.1) is 0 Å². The lowest BCUT2D eigenvalue weighted by atomic mass is 9.84. The highest BCUT2D eigenvalue weighted by Gasteiger charge is 2.48. The molecule has 7 heteroatoms. The second-order valence-electron chi connectivity index (χ2n) is 7.70. The van der Waals surface area contributed by atoms with Crippen LogP contribution in [0.25, 0.3) is 0 Å². The first-order chi connectivity index (χ1) is 14.5. The van der Waals surface area contributed by atoms with Crippen molar-refractivity contribution in [3.8, 4) is 17.2 Å². The zero-order valence-electron chi connectivity index (χ0n) is 18.4. The number of ether oxygens (including phenoxy) is 4. The predicted molar refractivity (Wildman–Crippen MR) is 112 cm³/mol. The van der Waals surface area contributed by atoms with Crippen LogP contribution in [0.15, 0.2) is 12.1 Å². The number of carbonyl (C=O) groups excluding carboxylic acids is 2. The standard InChI is InChI=1S/C23H33NO6/c1-5-28-19-13-16(14-20(29-6-2)21(19)30-7-3)22(25)24-17-11-9-8-10-15(17)12-18(24)23(26)27-4/h13-15,17-18H,5-12H2,1-4H3. The Morgan fingerprint density at radius 3 is 2.13 bits per heavy atom. The SMILES string of the molecule is CCOc1cc(C(=O)N2C(C(=O)OC)CC3CCCCC32)cc(OCC)c1OCC. The molecule has 1 heterocycles. The molecule has 7 nitrogen and oxygen atoms in total. The number of nitrogens with zero attached hydrogens (tertiary/aromatic N) is 1. The maximum atomic E-state index is 13.7. The average Bonchev–Trinajstić information content (AvgIpc) is 3.14. The van der Waals surface area contributed by atoms with Crippen molar-refractivity contribution in [3.05, 3.63) is 17.7 Å². The quantitative estimate of drug-likeness (QED) is 0.596. The summed E-state index contributed by atoms with van der Waals surface area (Å²) in [5.41, 5.74) is 0.436. The van der Waals surface area contributed by atoms with Gasteiger partial charge in [-0.3, -0.25) is 4.79 Å². The molecule has 1 saturated heterocycles. The minimum atomic E-state index is -0.548. The summed E-state index contributed by atoms with van der Waals surface area (Å²) in [6.45, 7) is 6.97. The highest BCUT2D eigenvalue weighted by atomic mass is 16.5. The first kappa shape index (κ1) is 22.2. The lowest BCUT2D eigenvalue weighted by Crippen LogP contribution is -2.46. The molecular formula is C23H33NO6. The Bertz CT molecular complexity index is 737. The second-order valence-corrected chi connectivity index (χ2v) is 7.70. The molecule has 0 radical (unpaired) electrons. The second kappa shape index (κ2) is 10.0. The highest BCUT2D eigenvalue weighted by molar-refractivity contribution is 5.98. The Kier molecular flexibility index (Phi) is 7.45. The van der Waals surface area contributed by atoms with E-state index in [-0.39, 0.29) is 17.9 Å². The largest absolute Gasteiger partial charge is 0.490 e. The number of amides is 1. The number of benzene rings is 1. The zero-order chi connectivity index (χ0) is 21.7. The lowest BCUT2D eigenvalue weighted by molar-refractivity contribution is -0.145. The van der Waals surface area contributed by atoms with Crippen molar-refractivity contribution in [1.82, 2.24) is 4.90 Å². The lowest BCUT2D eigenvalue weighted by Gasteiger charge is -2.33. The van der Waals surface area contributed by atoms with E-state index >= 15 is 0 Å². The Balaban J connectivity index is 2.01. The van der Waals surface area contributed by atoms with Crippen molar-refractivity contribution < 1.29 is 28.5 Å². The van der Waals surface area contributed by atoms with E-state index in [4.69, 9.17) is 18.9 Å². The fourth-order valence-electron chi connectivity index (χ4n) is 4.76. The van der Waals surface area contributed by atoms with Crippen molar-refractivity contribution in [1.29, 1.82) is 0 Å². The predicted octanol–water partition coefficient (Wildman–Crippen LogP) is 3.83. The summed E-state index contributed by atoms with van der Waals surface area (Å²) >= 11 is 0. The molecule has 1 aromatic carbocycles. The van der Waals surface area contributed by atoms with Crippen LogP contribution in [-0.4, -0.2) is 55.8 Å². The summed E-state index contributed by atoms with van der Waals surface area (Å²) in [5.74, 6) is 1.25. The van der Waals surface area contributed by atoms with E-state index in [0.717, 1.165) is 25.7 Å². The molecule has 3 unspecified atom stereocenters. The van der Waals surface area contributed by atoms with Crippen molar-refractivity contribution in [2.75, 3.05) is 26.9 Å².